The lowest BCUT2D eigenvalue weighted by atomic mass is 10.3. The van der Waals surface area contributed by atoms with Crippen LogP contribution in [0.1, 0.15) is 24.2 Å². The van der Waals surface area contributed by atoms with E-state index in [-0.39, 0.29) is 0 Å². The Balaban J connectivity index is 2.45. The van der Waals surface area contributed by atoms with Crippen molar-refractivity contribution in [2.24, 2.45) is 0 Å². The molecule has 1 N–H and O–H groups in total. The van der Waals surface area contributed by atoms with E-state index in [1.807, 2.05) is 25.6 Å². The van der Waals surface area contributed by atoms with Gasteiger partial charge in [-0.15, -0.1) is 0 Å². The number of aromatic nitrogens is 2. The van der Waals surface area contributed by atoms with Crippen molar-refractivity contribution in [2.45, 2.75) is 26.7 Å². The average Bonchev–Trinajstić information content (AvgIpc) is 2.25. The second-order valence-corrected chi connectivity index (χ2v) is 5.00. The predicted molar refractivity (Wildman–Crippen MR) is 72.6 cm³/mol. The lowest BCUT2D eigenvalue weighted by Crippen LogP contribution is -2.07. The van der Waals surface area contributed by atoms with Crippen LogP contribution in [0.4, 0.5) is 5.82 Å². The van der Waals surface area contributed by atoms with Gasteiger partial charge in [0.25, 0.3) is 0 Å². The Morgan fingerprint density at radius 3 is 2.56 bits per heavy atom. The minimum Gasteiger partial charge on any atom is -0.368 e. The van der Waals surface area contributed by atoms with Crippen LogP contribution in [0.15, 0.2) is 0 Å². The molecule has 5 heteroatoms. The van der Waals surface area contributed by atoms with Crippen molar-refractivity contribution in [3.05, 3.63) is 16.5 Å². The molecule has 0 aliphatic heterocycles. The summed E-state index contributed by atoms with van der Waals surface area (Å²) in [6.45, 7) is 4.76. The average molecular weight is 260 g/mol. The van der Waals surface area contributed by atoms with Crippen LogP contribution in [0.5, 0.6) is 0 Å². The standard InChI is InChI=1S/C11H18ClN3S/c1-8-9(2)15-11(10(12)14-8)13-6-4-5-7-16-3/h4-7H2,1-3H3,(H,13,15). The highest BCUT2D eigenvalue weighted by atomic mass is 35.5. The first-order valence-electron chi connectivity index (χ1n) is 5.38. The Labute approximate surface area is 106 Å². The zero-order valence-corrected chi connectivity index (χ0v) is 11.6. The van der Waals surface area contributed by atoms with Crippen molar-refractivity contribution in [1.82, 2.24) is 9.97 Å². The van der Waals surface area contributed by atoms with Crippen LogP contribution in [0.3, 0.4) is 0 Å². The second-order valence-electron chi connectivity index (χ2n) is 3.66. The van der Waals surface area contributed by atoms with Gasteiger partial charge in [-0.05, 0) is 38.7 Å². The minimum atomic E-state index is 0.466. The first-order chi connectivity index (χ1) is 7.65. The van der Waals surface area contributed by atoms with Crippen LogP contribution in [0.25, 0.3) is 0 Å². The van der Waals surface area contributed by atoms with Gasteiger partial charge >= 0.3 is 0 Å². The Kier molecular flexibility index (Phi) is 5.91. The van der Waals surface area contributed by atoms with E-state index in [2.05, 4.69) is 21.5 Å². The first-order valence-corrected chi connectivity index (χ1v) is 7.16. The molecule has 0 radical (unpaired) electrons. The fourth-order valence-corrected chi connectivity index (χ4v) is 2.00. The summed E-state index contributed by atoms with van der Waals surface area (Å²) in [6.07, 6.45) is 4.47. The highest BCUT2D eigenvalue weighted by Crippen LogP contribution is 2.18. The molecule has 0 spiro atoms. The molecule has 0 saturated heterocycles. The molecule has 0 aliphatic rings. The van der Waals surface area contributed by atoms with E-state index in [0.717, 1.165) is 24.4 Å². The molecule has 0 bridgehead atoms. The van der Waals surface area contributed by atoms with Gasteiger partial charge < -0.3 is 5.32 Å². The summed E-state index contributed by atoms with van der Waals surface area (Å²) in [5.41, 5.74) is 1.81. The van der Waals surface area contributed by atoms with Crippen LogP contribution in [-0.2, 0) is 0 Å². The summed E-state index contributed by atoms with van der Waals surface area (Å²) in [7, 11) is 0. The molecule has 0 aliphatic carbocycles. The van der Waals surface area contributed by atoms with Crippen LogP contribution in [-0.4, -0.2) is 28.5 Å². The third kappa shape index (κ3) is 4.18. The number of nitrogens with one attached hydrogen (secondary N) is 1. The Morgan fingerprint density at radius 2 is 1.88 bits per heavy atom. The molecule has 0 fully saturated rings. The lowest BCUT2D eigenvalue weighted by molar-refractivity contribution is 0.837. The maximum Gasteiger partial charge on any atom is 0.171 e. The monoisotopic (exact) mass is 259 g/mol. The van der Waals surface area contributed by atoms with Gasteiger partial charge in [0.1, 0.15) is 0 Å². The maximum absolute atomic E-state index is 6.00. The summed E-state index contributed by atoms with van der Waals surface area (Å²) in [5.74, 6) is 1.91. The molecule has 0 atom stereocenters. The maximum atomic E-state index is 6.00. The van der Waals surface area contributed by atoms with E-state index < -0.39 is 0 Å². The molecule has 90 valence electrons. The zero-order chi connectivity index (χ0) is 12.0. The van der Waals surface area contributed by atoms with E-state index in [4.69, 9.17) is 11.6 Å². The van der Waals surface area contributed by atoms with Crippen LogP contribution >= 0.6 is 23.4 Å². The highest BCUT2D eigenvalue weighted by Gasteiger charge is 2.05. The molecule has 16 heavy (non-hydrogen) atoms. The van der Waals surface area contributed by atoms with E-state index >= 15 is 0 Å². The number of unbranched alkanes of at least 4 members (excludes halogenated alkanes) is 1. The van der Waals surface area contributed by atoms with Gasteiger partial charge in [-0.25, -0.2) is 9.97 Å². The topological polar surface area (TPSA) is 37.8 Å². The van der Waals surface area contributed by atoms with Crippen molar-refractivity contribution in [3.63, 3.8) is 0 Å². The Bertz CT molecular complexity index is 344. The fraction of sp³-hybridized carbons (Fsp3) is 0.636. The van der Waals surface area contributed by atoms with Gasteiger partial charge in [-0.1, -0.05) is 11.6 Å². The number of hydrogen-bond donors (Lipinski definition) is 1. The van der Waals surface area contributed by atoms with Gasteiger partial charge in [0.2, 0.25) is 0 Å². The van der Waals surface area contributed by atoms with Crippen molar-refractivity contribution < 1.29 is 0 Å². The van der Waals surface area contributed by atoms with Crippen LogP contribution in [0.2, 0.25) is 5.15 Å². The van der Waals surface area contributed by atoms with Gasteiger partial charge in [0.05, 0.1) is 11.4 Å². The van der Waals surface area contributed by atoms with E-state index in [9.17, 15) is 0 Å². The Morgan fingerprint density at radius 1 is 1.19 bits per heavy atom. The number of anilines is 1. The smallest absolute Gasteiger partial charge is 0.171 e. The van der Waals surface area contributed by atoms with E-state index in [1.165, 1.54) is 12.2 Å². The van der Waals surface area contributed by atoms with Gasteiger partial charge in [0, 0.05) is 6.54 Å². The van der Waals surface area contributed by atoms with Gasteiger partial charge in [0.15, 0.2) is 11.0 Å². The van der Waals surface area contributed by atoms with Crippen molar-refractivity contribution in [2.75, 3.05) is 23.9 Å². The number of nitrogens with zero attached hydrogens (tertiary/aromatic N) is 2. The summed E-state index contributed by atoms with van der Waals surface area (Å²) in [5, 5.41) is 3.69. The van der Waals surface area contributed by atoms with E-state index in [0.29, 0.717) is 11.0 Å². The molecule has 1 heterocycles. The van der Waals surface area contributed by atoms with Crippen LogP contribution < -0.4 is 5.32 Å². The quantitative estimate of drug-likeness (QED) is 0.796. The van der Waals surface area contributed by atoms with Gasteiger partial charge in [-0.3, -0.25) is 0 Å². The molecule has 0 unspecified atom stereocenters. The minimum absolute atomic E-state index is 0.466. The normalized spacial score (nSPS) is 10.5. The molecule has 1 aromatic rings. The first kappa shape index (κ1) is 13.6. The summed E-state index contributed by atoms with van der Waals surface area (Å²) >= 11 is 7.87. The number of halogens is 1. The van der Waals surface area contributed by atoms with Gasteiger partial charge in [-0.2, -0.15) is 11.8 Å². The molecule has 1 rings (SSSR count). The number of rotatable bonds is 6. The zero-order valence-electron chi connectivity index (χ0n) is 10.0. The molecule has 0 saturated carbocycles. The predicted octanol–water partition coefficient (Wildman–Crippen LogP) is 3.30. The number of hydrogen-bond acceptors (Lipinski definition) is 4. The number of thioether (sulfide) groups is 1. The molecular formula is C11H18ClN3S. The Hall–Kier alpha value is -0.480. The molecule has 0 amide bonds. The van der Waals surface area contributed by atoms with Crippen LogP contribution in [0, 0.1) is 13.8 Å². The van der Waals surface area contributed by atoms with Crippen molar-refractivity contribution in [3.8, 4) is 0 Å². The van der Waals surface area contributed by atoms with E-state index in [1.54, 1.807) is 0 Å². The highest BCUT2D eigenvalue weighted by molar-refractivity contribution is 7.98. The van der Waals surface area contributed by atoms with Crippen molar-refractivity contribution in [1.29, 1.82) is 0 Å². The molecule has 1 aromatic heterocycles. The molecular weight excluding hydrogens is 242 g/mol. The number of aryl methyl sites for hydroxylation is 2. The molecule has 3 nitrogen and oxygen atoms in total. The summed E-state index contributed by atoms with van der Waals surface area (Å²) in [4.78, 5) is 8.60. The third-order valence-electron chi connectivity index (χ3n) is 2.33. The fourth-order valence-electron chi connectivity index (χ4n) is 1.27. The van der Waals surface area contributed by atoms with Crippen molar-refractivity contribution >= 4 is 29.2 Å². The third-order valence-corrected chi connectivity index (χ3v) is 3.29. The SMILES string of the molecule is CSCCCCNc1nc(C)c(C)nc1Cl. The summed E-state index contributed by atoms with van der Waals surface area (Å²) < 4.78 is 0. The molecule has 0 aromatic carbocycles. The largest absolute Gasteiger partial charge is 0.368 e. The lowest BCUT2D eigenvalue weighted by Gasteiger charge is -2.08. The second kappa shape index (κ2) is 6.97. The summed E-state index contributed by atoms with van der Waals surface area (Å²) in [6, 6.07) is 0.